The van der Waals surface area contributed by atoms with Crippen LogP contribution in [0.5, 0.6) is 11.5 Å². The second kappa shape index (κ2) is 9.71. The zero-order valence-electron chi connectivity index (χ0n) is 16.1. The molecule has 8 nitrogen and oxygen atoms in total. The quantitative estimate of drug-likeness (QED) is 0.480. The number of ether oxygens (including phenoxy) is 2. The van der Waals surface area contributed by atoms with Crippen LogP contribution in [0.4, 0.5) is 5.13 Å². The van der Waals surface area contributed by atoms with Gasteiger partial charge < -0.3 is 14.8 Å². The lowest BCUT2D eigenvalue weighted by molar-refractivity contribution is -0.111. The number of hydrogen-bond acceptors (Lipinski definition) is 7. The van der Waals surface area contributed by atoms with E-state index in [-0.39, 0.29) is 18.6 Å². The van der Waals surface area contributed by atoms with Crippen molar-refractivity contribution in [1.82, 2.24) is 15.5 Å². The molecule has 3 aromatic rings. The van der Waals surface area contributed by atoms with E-state index in [1.54, 1.807) is 36.4 Å². The molecule has 0 atom stereocenters. The van der Waals surface area contributed by atoms with Crippen molar-refractivity contribution < 1.29 is 19.1 Å². The van der Waals surface area contributed by atoms with Gasteiger partial charge in [0.25, 0.3) is 5.91 Å². The smallest absolute Gasteiger partial charge is 0.251 e. The highest BCUT2D eigenvalue weighted by molar-refractivity contribution is 9.10. The zero-order chi connectivity index (χ0) is 21.6. The molecule has 2 aromatic carbocycles. The highest BCUT2D eigenvalue weighted by atomic mass is 79.9. The van der Waals surface area contributed by atoms with Crippen molar-refractivity contribution in [3.8, 4) is 11.5 Å². The maximum Gasteiger partial charge on any atom is 0.251 e. The first kappa shape index (κ1) is 21.0. The second-order valence-corrected chi connectivity index (χ2v) is 8.43. The van der Waals surface area contributed by atoms with Gasteiger partial charge in [-0.05, 0) is 42.0 Å². The summed E-state index contributed by atoms with van der Waals surface area (Å²) in [6.45, 7) is 0.619. The highest BCUT2D eigenvalue weighted by Gasteiger charge is 2.13. The molecule has 2 N–H and O–H groups in total. The maximum atomic E-state index is 12.1. The number of halogens is 1. The standard InChI is InChI=1S/C21H17BrN4O4S/c22-15-3-1-2-14(11-15)20(28)23-9-8-19-25-26-21(31-19)24-18(27)7-5-13-4-6-16-17(10-13)30-12-29-16/h1-7,10-11H,8-9,12H2,(H,23,28)(H,24,26,27)/b7-5+. The number of benzene rings is 2. The minimum absolute atomic E-state index is 0.159. The summed E-state index contributed by atoms with van der Waals surface area (Å²) in [6, 6.07) is 12.6. The van der Waals surface area contributed by atoms with Crippen molar-refractivity contribution in [2.45, 2.75) is 6.42 Å². The Kier molecular flexibility index (Phi) is 6.58. The summed E-state index contributed by atoms with van der Waals surface area (Å²) in [5.74, 6) is 0.871. The van der Waals surface area contributed by atoms with Gasteiger partial charge in [-0.15, -0.1) is 10.2 Å². The Balaban J connectivity index is 1.25. The third-order valence-corrected chi connectivity index (χ3v) is 5.62. The first-order valence-electron chi connectivity index (χ1n) is 9.32. The van der Waals surface area contributed by atoms with Crippen molar-refractivity contribution in [2.24, 2.45) is 0 Å². The van der Waals surface area contributed by atoms with Gasteiger partial charge in [-0.25, -0.2) is 0 Å². The van der Waals surface area contributed by atoms with Crippen LogP contribution < -0.4 is 20.1 Å². The van der Waals surface area contributed by atoms with E-state index in [9.17, 15) is 9.59 Å². The van der Waals surface area contributed by atoms with Gasteiger partial charge in [0.05, 0.1) is 0 Å². The van der Waals surface area contributed by atoms with E-state index in [2.05, 4.69) is 36.8 Å². The Morgan fingerprint density at radius 3 is 2.87 bits per heavy atom. The van der Waals surface area contributed by atoms with Crippen LogP contribution in [0.25, 0.3) is 6.08 Å². The Hall–Kier alpha value is -3.24. The van der Waals surface area contributed by atoms with Crippen LogP contribution >= 0.6 is 27.3 Å². The number of aromatic nitrogens is 2. The Labute approximate surface area is 190 Å². The first-order chi connectivity index (χ1) is 15.1. The van der Waals surface area contributed by atoms with Gasteiger partial charge in [0.1, 0.15) is 5.01 Å². The van der Waals surface area contributed by atoms with Gasteiger partial charge in [0, 0.05) is 29.1 Å². The zero-order valence-corrected chi connectivity index (χ0v) is 18.5. The van der Waals surface area contributed by atoms with Crippen LogP contribution in [0.15, 0.2) is 53.0 Å². The van der Waals surface area contributed by atoms with Crippen molar-refractivity contribution in [3.63, 3.8) is 0 Å². The molecule has 0 aliphatic carbocycles. The van der Waals surface area contributed by atoms with Gasteiger partial charge >= 0.3 is 0 Å². The highest BCUT2D eigenvalue weighted by Crippen LogP contribution is 2.32. The molecule has 0 spiro atoms. The number of anilines is 1. The summed E-state index contributed by atoms with van der Waals surface area (Å²) in [7, 11) is 0. The molecule has 10 heteroatoms. The molecule has 0 radical (unpaired) electrons. The molecule has 2 amide bonds. The molecule has 1 aliphatic rings. The van der Waals surface area contributed by atoms with E-state index in [0.717, 1.165) is 10.0 Å². The van der Waals surface area contributed by atoms with Crippen molar-refractivity contribution in [3.05, 3.63) is 69.1 Å². The molecule has 0 saturated heterocycles. The predicted molar refractivity (Wildman–Crippen MR) is 120 cm³/mol. The summed E-state index contributed by atoms with van der Waals surface area (Å²) < 4.78 is 11.4. The average molecular weight is 501 g/mol. The van der Waals surface area contributed by atoms with E-state index in [4.69, 9.17) is 9.47 Å². The summed E-state index contributed by atoms with van der Waals surface area (Å²) in [6.07, 6.45) is 3.61. The molecule has 4 rings (SSSR count). The van der Waals surface area contributed by atoms with Gasteiger partial charge in [-0.3, -0.25) is 14.9 Å². The monoisotopic (exact) mass is 500 g/mol. The van der Waals surface area contributed by atoms with Crippen LogP contribution in [0, 0.1) is 0 Å². The summed E-state index contributed by atoms with van der Waals surface area (Å²) in [5.41, 5.74) is 1.40. The van der Waals surface area contributed by atoms with Gasteiger partial charge in [0.2, 0.25) is 17.8 Å². The SMILES string of the molecule is O=C(/C=C/c1ccc2c(c1)OCO2)Nc1nnc(CCNC(=O)c2cccc(Br)c2)s1. The molecule has 1 aliphatic heterocycles. The molecule has 158 valence electrons. The third kappa shape index (κ3) is 5.68. The number of rotatable bonds is 7. The lowest BCUT2D eigenvalue weighted by Gasteiger charge is -2.04. The molecular weight excluding hydrogens is 484 g/mol. The fraction of sp³-hybridized carbons (Fsp3) is 0.143. The molecular formula is C21H17BrN4O4S. The topological polar surface area (TPSA) is 102 Å². The van der Waals surface area contributed by atoms with E-state index in [1.165, 1.54) is 17.4 Å². The van der Waals surface area contributed by atoms with Crippen LogP contribution in [0.1, 0.15) is 20.9 Å². The first-order valence-corrected chi connectivity index (χ1v) is 10.9. The minimum atomic E-state index is -0.316. The average Bonchev–Trinajstić information content (AvgIpc) is 3.41. The van der Waals surface area contributed by atoms with Gasteiger partial charge in [0.15, 0.2) is 11.5 Å². The molecule has 0 fully saturated rings. The number of carbonyl (C=O) groups is 2. The fourth-order valence-corrected chi connectivity index (χ4v) is 3.90. The van der Waals surface area contributed by atoms with Crippen LogP contribution in [-0.2, 0) is 11.2 Å². The van der Waals surface area contributed by atoms with Gasteiger partial charge in [-0.1, -0.05) is 39.4 Å². The number of carbonyl (C=O) groups excluding carboxylic acids is 2. The van der Waals surface area contributed by atoms with E-state index >= 15 is 0 Å². The van der Waals surface area contributed by atoms with Crippen LogP contribution in [0.3, 0.4) is 0 Å². The summed E-state index contributed by atoms with van der Waals surface area (Å²) in [5, 5.41) is 14.7. The number of nitrogens with one attached hydrogen (secondary N) is 2. The van der Waals surface area contributed by atoms with Crippen molar-refractivity contribution in [1.29, 1.82) is 0 Å². The molecule has 0 bridgehead atoms. The number of nitrogens with zero attached hydrogens (tertiary/aromatic N) is 2. The molecule has 0 unspecified atom stereocenters. The van der Waals surface area contributed by atoms with Crippen LogP contribution in [0.2, 0.25) is 0 Å². The molecule has 1 aromatic heterocycles. The molecule has 2 heterocycles. The van der Waals surface area contributed by atoms with E-state index in [1.807, 2.05) is 12.1 Å². The summed E-state index contributed by atoms with van der Waals surface area (Å²) >= 11 is 4.61. The lowest BCUT2D eigenvalue weighted by Crippen LogP contribution is -2.25. The Bertz CT molecular complexity index is 1150. The Morgan fingerprint density at radius 2 is 2.00 bits per heavy atom. The lowest BCUT2D eigenvalue weighted by atomic mass is 10.2. The molecule has 31 heavy (non-hydrogen) atoms. The van der Waals surface area contributed by atoms with Crippen molar-refractivity contribution >= 4 is 50.3 Å². The van der Waals surface area contributed by atoms with E-state index in [0.29, 0.717) is 40.2 Å². The largest absolute Gasteiger partial charge is 0.454 e. The predicted octanol–water partition coefficient (Wildman–Crippen LogP) is 3.65. The number of amides is 2. The third-order valence-electron chi connectivity index (χ3n) is 4.23. The number of fused-ring (bicyclic) bond motifs is 1. The second-order valence-electron chi connectivity index (χ2n) is 6.45. The van der Waals surface area contributed by atoms with E-state index < -0.39 is 0 Å². The summed E-state index contributed by atoms with van der Waals surface area (Å²) in [4.78, 5) is 24.3. The minimum Gasteiger partial charge on any atom is -0.454 e. The molecule has 0 saturated carbocycles. The maximum absolute atomic E-state index is 12.1. The van der Waals surface area contributed by atoms with Gasteiger partial charge in [-0.2, -0.15) is 0 Å². The van der Waals surface area contributed by atoms with Crippen molar-refractivity contribution in [2.75, 3.05) is 18.7 Å². The number of hydrogen-bond donors (Lipinski definition) is 2. The Morgan fingerprint density at radius 1 is 1.13 bits per heavy atom. The normalized spacial score (nSPS) is 12.2. The fourth-order valence-electron chi connectivity index (χ4n) is 2.76. The van der Waals surface area contributed by atoms with Crippen LogP contribution in [-0.4, -0.2) is 35.3 Å².